The maximum Gasteiger partial charge on any atom is 0.294 e. The number of hydrogen-bond donors (Lipinski definition) is 1. The summed E-state index contributed by atoms with van der Waals surface area (Å²) in [6.07, 6.45) is 1.37. The Bertz CT molecular complexity index is 1350. The van der Waals surface area contributed by atoms with Crippen LogP contribution in [0.1, 0.15) is 11.3 Å². The molecule has 1 aliphatic heterocycles. The summed E-state index contributed by atoms with van der Waals surface area (Å²) in [5.41, 5.74) is 1.28. The molecule has 3 amide bonds. The van der Waals surface area contributed by atoms with Crippen LogP contribution >= 0.6 is 11.8 Å². The summed E-state index contributed by atoms with van der Waals surface area (Å²) in [5.74, 6) is -1.12. The molecule has 1 aromatic heterocycles. The van der Waals surface area contributed by atoms with Crippen LogP contribution in [0.15, 0.2) is 63.9 Å². The maximum absolute atomic E-state index is 13.0. The number of thioether (sulfide) groups is 1. The number of amides is 3. The second-order valence-corrected chi connectivity index (χ2v) is 8.28. The minimum Gasteiger partial charge on any atom is -0.457 e. The Morgan fingerprint density at radius 2 is 1.91 bits per heavy atom. The summed E-state index contributed by atoms with van der Waals surface area (Å²) in [6.45, 7) is 1.13. The summed E-state index contributed by atoms with van der Waals surface area (Å²) in [5, 5.41) is 13.0. The number of benzene rings is 2. The number of aryl methyl sites for hydroxylation is 1. The minimum absolute atomic E-state index is 0.0458. The van der Waals surface area contributed by atoms with Gasteiger partial charge in [-0.3, -0.25) is 29.4 Å². The first-order valence-corrected chi connectivity index (χ1v) is 10.7. The summed E-state index contributed by atoms with van der Waals surface area (Å²) < 4.78 is 18.7. The number of imide groups is 1. The highest BCUT2D eigenvalue weighted by molar-refractivity contribution is 8.18. The third-order valence-corrected chi connectivity index (χ3v) is 5.80. The van der Waals surface area contributed by atoms with Gasteiger partial charge < -0.3 is 9.73 Å². The molecule has 0 unspecified atom stereocenters. The third kappa shape index (κ3) is 4.89. The van der Waals surface area contributed by atoms with Crippen molar-refractivity contribution in [2.75, 3.05) is 11.9 Å². The molecule has 172 valence electrons. The van der Waals surface area contributed by atoms with Crippen LogP contribution in [-0.2, 0) is 9.59 Å². The van der Waals surface area contributed by atoms with E-state index in [1.54, 1.807) is 31.2 Å². The molecule has 0 saturated carbocycles. The molecular formula is C23H16FN3O6S. The monoisotopic (exact) mass is 481 g/mol. The molecule has 4 rings (SSSR count). The van der Waals surface area contributed by atoms with Gasteiger partial charge in [0.2, 0.25) is 5.91 Å². The largest absolute Gasteiger partial charge is 0.457 e. The van der Waals surface area contributed by atoms with E-state index in [0.717, 1.165) is 4.90 Å². The van der Waals surface area contributed by atoms with Crippen LogP contribution in [0.3, 0.4) is 0 Å². The van der Waals surface area contributed by atoms with Crippen molar-refractivity contribution in [1.29, 1.82) is 0 Å². The quantitative estimate of drug-likeness (QED) is 0.299. The number of anilines is 1. The molecule has 0 radical (unpaired) electrons. The van der Waals surface area contributed by atoms with Crippen LogP contribution in [0.25, 0.3) is 17.4 Å². The molecule has 3 aromatic rings. The molecule has 0 bridgehead atoms. The smallest absolute Gasteiger partial charge is 0.294 e. The van der Waals surface area contributed by atoms with Crippen molar-refractivity contribution in [3.8, 4) is 11.3 Å². The zero-order valence-electron chi connectivity index (χ0n) is 17.6. The van der Waals surface area contributed by atoms with Gasteiger partial charge in [-0.25, -0.2) is 4.39 Å². The normalized spacial score (nSPS) is 14.6. The van der Waals surface area contributed by atoms with Crippen molar-refractivity contribution in [1.82, 2.24) is 4.90 Å². The first-order valence-electron chi connectivity index (χ1n) is 9.87. The fourth-order valence-electron chi connectivity index (χ4n) is 3.19. The number of carbonyl (C=O) groups excluding carboxylic acids is 3. The van der Waals surface area contributed by atoms with E-state index in [1.807, 2.05) is 0 Å². The van der Waals surface area contributed by atoms with E-state index in [1.165, 1.54) is 36.4 Å². The van der Waals surface area contributed by atoms with Gasteiger partial charge in [0.1, 0.15) is 23.9 Å². The van der Waals surface area contributed by atoms with E-state index < -0.39 is 34.3 Å². The molecule has 1 N–H and O–H groups in total. The van der Waals surface area contributed by atoms with Crippen LogP contribution in [0.5, 0.6) is 0 Å². The number of nitrogens with one attached hydrogen (secondary N) is 1. The molecule has 0 atom stereocenters. The maximum atomic E-state index is 13.0. The van der Waals surface area contributed by atoms with E-state index in [0.29, 0.717) is 34.3 Å². The second-order valence-electron chi connectivity index (χ2n) is 7.28. The van der Waals surface area contributed by atoms with Crippen LogP contribution in [0.4, 0.5) is 20.6 Å². The Labute approximate surface area is 196 Å². The zero-order valence-corrected chi connectivity index (χ0v) is 18.4. The van der Waals surface area contributed by atoms with E-state index in [2.05, 4.69) is 5.32 Å². The average Bonchev–Trinajstić information content (AvgIpc) is 3.36. The Morgan fingerprint density at radius 3 is 2.62 bits per heavy atom. The van der Waals surface area contributed by atoms with Gasteiger partial charge in [-0.1, -0.05) is 12.1 Å². The Balaban J connectivity index is 1.47. The fraction of sp³-hybridized carbons (Fsp3) is 0.0870. The second kappa shape index (κ2) is 9.32. The highest BCUT2D eigenvalue weighted by Gasteiger charge is 2.36. The Morgan fingerprint density at radius 1 is 1.18 bits per heavy atom. The van der Waals surface area contributed by atoms with Crippen LogP contribution in [-0.4, -0.2) is 33.4 Å². The lowest BCUT2D eigenvalue weighted by molar-refractivity contribution is -0.385. The standard InChI is InChI=1S/C23H16FN3O6S/c1-13-2-3-14(10-18(13)27(31)32)19-9-8-17(33-19)11-20-22(29)26(23(30)34-20)12-21(28)25-16-6-4-15(24)5-7-16/h2-11H,12H2,1H3,(H,25,28)/b20-11+. The Kier molecular flexibility index (Phi) is 6.28. The van der Waals surface area contributed by atoms with Crippen molar-refractivity contribution in [3.63, 3.8) is 0 Å². The molecule has 1 aliphatic rings. The third-order valence-electron chi connectivity index (χ3n) is 4.89. The highest BCUT2D eigenvalue weighted by Crippen LogP contribution is 2.34. The number of carbonyl (C=O) groups is 3. The lowest BCUT2D eigenvalue weighted by Gasteiger charge is -2.12. The van der Waals surface area contributed by atoms with Crippen molar-refractivity contribution in [3.05, 3.63) is 86.8 Å². The minimum atomic E-state index is -0.659. The molecule has 34 heavy (non-hydrogen) atoms. The van der Waals surface area contributed by atoms with Crippen molar-refractivity contribution >= 4 is 46.3 Å². The van der Waals surface area contributed by atoms with Gasteiger partial charge in [0.25, 0.3) is 16.8 Å². The van der Waals surface area contributed by atoms with E-state index >= 15 is 0 Å². The van der Waals surface area contributed by atoms with Gasteiger partial charge in [-0.05, 0) is 55.1 Å². The lowest BCUT2D eigenvalue weighted by Crippen LogP contribution is -2.36. The van der Waals surface area contributed by atoms with E-state index in [-0.39, 0.29) is 16.4 Å². The zero-order chi connectivity index (χ0) is 24.4. The number of nitrogens with zero attached hydrogens (tertiary/aromatic N) is 2. The van der Waals surface area contributed by atoms with Gasteiger partial charge in [-0.2, -0.15) is 0 Å². The number of nitro benzene ring substituents is 1. The molecule has 1 fully saturated rings. The molecule has 2 heterocycles. The number of hydrogen-bond acceptors (Lipinski definition) is 7. The predicted octanol–water partition coefficient (Wildman–Crippen LogP) is 4.98. The number of rotatable bonds is 6. The van der Waals surface area contributed by atoms with Crippen LogP contribution in [0.2, 0.25) is 0 Å². The van der Waals surface area contributed by atoms with Gasteiger partial charge in [0.15, 0.2) is 0 Å². The van der Waals surface area contributed by atoms with Crippen molar-refractivity contribution < 1.29 is 28.1 Å². The molecule has 0 aliphatic carbocycles. The topological polar surface area (TPSA) is 123 Å². The predicted molar refractivity (Wildman–Crippen MR) is 123 cm³/mol. The van der Waals surface area contributed by atoms with Crippen molar-refractivity contribution in [2.24, 2.45) is 0 Å². The van der Waals surface area contributed by atoms with E-state index in [9.17, 15) is 28.9 Å². The molecule has 2 aromatic carbocycles. The number of nitro groups is 1. The van der Waals surface area contributed by atoms with Gasteiger partial charge in [0, 0.05) is 29.0 Å². The van der Waals surface area contributed by atoms with Crippen LogP contribution in [0, 0.1) is 22.9 Å². The fourth-order valence-corrected chi connectivity index (χ4v) is 4.01. The van der Waals surface area contributed by atoms with E-state index in [4.69, 9.17) is 4.42 Å². The first-order chi connectivity index (χ1) is 16.2. The van der Waals surface area contributed by atoms with Crippen LogP contribution < -0.4 is 5.32 Å². The molecule has 9 nitrogen and oxygen atoms in total. The molecular weight excluding hydrogens is 465 g/mol. The van der Waals surface area contributed by atoms with Gasteiger partial charge in [0.05, 0.1) is 9.83 Å². The lowest BCUT2D eigenvalue weighted by atomic mass is 10.1. The number of halogens is 1. The van der Waals surface area contributed by atoms with Gasteiger partial charge in [-0.15, -0.1) is 0 Å². The molecule has 11 heteroatoms. The summed E-state index contributed by atoms with van der Waals surface area (Å²) >= 11 is 0.660. The average molecular weight is 481 g/mol. The van der Waals surface area contributed by atoms with Gasteiger partial charge >= 0.3 is 0 Å². The Hall–Kier alpha value is -4.25. The molecule has 0 spiro atoms. The van der Waals surface area contributed by atoms with Crippen molar-refractivity contribution in [2.45, 2.75) is 6.92 Å². The highest BCUT2D eigenvalue weighted by atomic mass is 32.2. The summed E-state index contributed by atoms with van der Waals surface area (Å²) in [7, 11) is 0. The number of furan rings is 1. The first kappa shape index (κ1) is 22.9. The summed E-state index contributed by atoms with van der Waals surface area (Å²) in [4.78, 5) is 48.7. The molecule has 1 saturated heterocycles. The SMILES string of the molecule is Cc1ccc(-c2ccc(/C=C3/SC(=O)N(CC(=O)Nc4ccc(F)cc4)C3=O)o2)cc1[N+](=O)[O-]. The summed E-state index contributed by atoms with van der Waals surface area (Å²) in [6, 6.07) is 12.9.